The molecule has 0 saturated heterocycles. The topological polar surface area (TPSA) is 86.1 Å². The van der Waals surface area contributed by atoms with E-state index in [1.165, 1.54) is 12.5 Å². The molecular formula is C13H16N4O3. The number of furan rings is 1. The van der Waals surface area contributed by atoms with Crippen molar-refractivity contribution in [1.29, 1.82) is 0 Å². The van der Waals surface area contributed by atoms with Gasteiger partial charge >= 0.3 is 5.88 Å². The Morgan fingerprint density at radius 1 is 1.50 bits per heavy atom. The minimum absolute atomic E-state index is 0.209. The first kappa shape index (κ1) is 12.9. The van der Waals surface area contributed by atoms with Crippen LogP contribution in [0.25, 0.3) is 0 Å². The van der Waals surface area contributed by atoms with Gasteiger partial charge in [-0.05, 0) is 25.3 Å². The highest BCUT2D eigenvalue weighted by molar-refractivity contribution is 5.17. The maximum atomic E-state index is 10.6. The first-order valence-corrected chi connectivity index (χ1v) is 6.68. The van der Waals surface area contributed by atoms with Gasteiger partial charge in [-0.3, -0.25) is 10.1 Å². The van der Waals surface area contributed by atoms with E-state index in [-0.39, 0.29) is 5.88 Å². The van der Waals surface area contributed by atoms with Crippen LogP contribution in [-0.2, 0) is 6.54 Å². The Labute approximate surface area is 115 Å². The Morgan fingerprint density at radius 3 is 3.10 bits per heavy atom. The second kappa shape index (κ2) is 5.46. The molecule has 0 radical (unpaired) electrons. The molecule has 0 aliphatic heterocycles. The SMILES string of the molecule is O=[N+]([O-])c1ccc(CNC2CCCC2n2ccnc2)o1. The van der Waals surface area contributed by atoms with Crippen molar-refractivity contribution in [2.24, 2.45) is 0 Å². The van der Waals surface area contributed by atoms with E-state index in [1.807, 2.05) is 12.5 Å². The van der Waals surface area contributed by atoms with Gasteiger partial charge in [0, 0.05) is 24.5 Å². The summed E-state index contributed by atoms with van der Waals surface area (Å²) in [5, 5.41) is 14.0. The van der Waals surface area contributed by atoms with Crippen molar-refractivity contribution < 1.29 is 9.34 Å². The van der Waals surface area contributed by atoms with Crippen LogP contribution in [0.1, 0.15) is 31.1 Å². The number of nitrogens with zero attached hydrogens (tertiary/aromatic N) is 3. The summed E-state index contributed by atoms with van der Waals surface area (Å²) in [7, 11) is 0. The number of rotatable bonds is 5. The molecule has 1 aliphatic rings. The lowest BCUT2D eigenvalue weighted by Crippen LogP contribution is -2.33. The zero-order valence-electron chi connectivity index (χ0n) is 10.9. The average molecular weight is 276 g/mol. The van der Waals surface area contributed by atoms with Gasteiger partial charge < -0.3 is 14.3 Å². The van der Waals surface area contributed by atoms with Gasteiger partial charge in [-0.15, -0.1) is 0 Å². The minimum atomic E-state index is -0.520. The standard InChI is InChI=1S/C13H16N4O3/c18-17(19)13-5-4-10(20-13)8-15-11-2-1-3-12(11)16-7-6-14-9-16/h4-7,9,11-12,15H,1-3,8H2. The quantitative estimate of drug-likeness (QED) is 0.668. The lowest BCUT2D eigenvalue weighted by Gasteiger charge is -2.21. The van der Waals surface area contributed by atoms with Gasteiger partial charge in [-0.1, -0.05) is 0 Å². The molecule has 7 nitrogen and oxygen atoms in total. The van der Waals surface area contributed by atoms with Gasteiger partial charge in [0.1, 0.15) is 10.7 Å². The van der Waals surface area contributed by atoms with Gasteiger partial charge in [0.25, 0.3) is 0 Å². The molecule has 2 aromatic rings. The maximum absolute atomic E-state index is 10.6. The van der Waals surface area contributed by atoms with Gasteiger partial charge in [0.15, 0.2) is 0 Å². The van der Waals surface area contributed by atoms with Crippen molar-refractivity contribution in [1.82, 2.24) is 14.9 Å². The van der Waals surface area contributed by atoms with Gasteiger partial charge in [-0.2, -0.15) is 0 Å². The first-order chi connectivity index (χ1) is 9.74. The van der Waals surface area contributed by atoms with E-state index in [9.17, 15) is 10.1 Å². The molecule has 106 valence electrons. The van der Waals surface area contributed by atoms with Crippen LogP contribution in [0, 0.1) is 10.1 Å². The molecule has 0 aromatic carbocycles. The summed E-state index contributed by atoms with van der Waals surface area (Å²) < 4.78 is 7.27. The number of nitrogens with one attached hydrogen (secondary N) is 1. The van der Waals surface area contributed by atoms with Crippen LogP contribution in [0.4, 0.5) is 5.88 Å². The van der Waals surface area contributed by atoms with E-state index in [4.69, 9.17) is 4.42 Å². The van der Waals surface area contributed by atoms with E-state index < -0.39 is 4.92 Å². The summed E-state index contributed by atoms with van der Waals surface area (Å²) in [6.07, 6.45) is 8.97. The van der Waals surface area contributed by atoms with Crippen LogP contribution in [-0.4, -0.2) is 20.5 Å². The molecule has 1 aliphatic carbocycles. The fourth-order valence-electron chi connectivity index (χ4n) is 2.79. The normalized spacial score (nSPS) is 22.2. The number of hydrogen-bond donors (Lipinski definition) is 1. The highest BCUT2D eigenvalue weighted by atomic mass is 16.6. The molecule has 7 heteroatoms. The third-order valence-corrected chi connectivity index (χ3v) is 3.75. The highest BCUT2D eigenvalue weighted by Gasteiger charge is 2.28. The Hall–Kier alpha value is -2.15. The highest BCUT2D eigenvalue weighted by Crippen LogP contribution is 2.30. The Morgan fingerprint density at radius 2 is 2.40 bits per heavy atom. The van der Waals surface area contributed by atoms with Crippen molar-refractivity contribution in [3.63, 3.8) is 0 Å². The van der Waals surface area contributed by atoms with Crippen LogP contribution in [0.5, 0.6) is 0 Å². The zero-order chi connectivity index (χ0) is 13.9. The second-order valence-corrected chi connectivity index (χ2v) is 4.99. The number of hydrogen-bond acceptors (Lipinski definition) is 5. The number of imidazole rings is 1. The first-order valence-electron chi connectivity index (χ1n) is 6.68. The summed E-state index contributed by atoms with van der Waals surface area (Å²) in [5.41, 5.74) is 0. The predicted molar refractivity (Wildman–Crippen MR) is 71.1 cm³/mol. The maximum Gasteiger partial charge on any atom is 0.433 e. The van der Waals surface area contributed by atoms with Crippen LogP contribution < -0.4 is 5.32 Å². The molecule has 2 unspecified atom stereocenters. The summed E-state index contributed by atoms with van der Waals surface area (Å²) in [6, 6.07) is 3.77. The van der Waals surface area contributed by atoms with Crippen molar-refractivity contribution in [2.45, 2.75) is 37.9 Å². The van der Waals surface area contributed by atoms with Crippen molar-refractivity contribution in [3.05, 3.63) is 46.7 Å². The molecular weight excluding hydrogens is 260 g/mol. The average Bonchev–Trinajstić information content (AvgIpc) is 3.17. The van der Waals surface area contributed by atoms with Gasteiger partial charge in [0.2, 0.25) is 0 Å². The molecule has 0 bridgehead atoms. The predicted octanol–water partition coefficient (Wildman–Crippen LogP) is 2.27. The summed E-state index contributed by atoms with van der Waals surface area (Å²) in [5.74, 6) is 0.382. The van der Waals surface area contributed by atoms with Gasteiger partial charge in [-0.25, -0.2) is 4.98 Å². The summed E-state index contributed by atoms with van der Waals surface area (Å²) in [4.78, 5) is 14.1. The molecule has 2 heterocycles. The lowest BCUT2D eigenvalue weighted by atomic mass is 10.1. The van der Waals surface area contributed by atoms with E-state index in [2.05, 4.69) is 14.9 Å². The zero-order valence-corrected chi connectivity index (χ0v) is 10.9. The second-order valence-electron chi connectivity index (χ2n) is 4.99. The smallest absolute Gasteiger partial charge is 0.404 e. The third-order valence-electron chi connectivity index (χ3n) is 3.75. The molecule has 20 heavy (non-hydrogen) atoms. The molecule has 1 saturated carbocycles. The van der Waals surface area contributed by atoms with E-state index in [0.29, 0.717) is 24.4 Å². The largest absolute Gasteiger partial charge is 0.433 e. The van der Waals surface area contributed by atoms with Crippen LogP contribution in [0.15, 0.2) is 35.3 Å². The molecule has 1 N–H and O–H groups in total. The fraction of sp³-hybridized carbons (Fsp3) is 0.462. The Balaban J connectivity index is 1.61. The van der Waals surface area contributed by atoms with Crippen LogP contribution >= 0.6 is 0 Å². The van der Waals surface area contributed by atoms with Gasteiger partial charge in [0.05, 0.1) is 18.9 Å². The van der Waals surface area contributed by atoms with Crippen LogP contribution in [0.3, 0.4) is 0 Å². The summed E-state index contributed by atoms with van der Waals surface area (Å²) >= 11 is 0. The minimum Gasteiger partial charge on any atom is -0.404 e. The Bertz CT molecular complexity index is 578. The lowest BCUT2D eigenvalue weighted by molar-refractivity contribution is -0.402. The fourth-order valence-corrected chi connectivity index (χ4v) is 2.79. The van der Waals surface area contributed by atoms with E-state index >= 15 is 0 Å². The Kier molecular flexibility index (Phi) is 3.51. The van der Waals surface area contributed by atoms with Crippen molar-refractivity contribution in [2.75, 3.05) is 0 Å². The molecule has 0 spiro atoms. The molecule has 3 rings (SSSR count). The van der Waals surface area contributed by atoms with Crippen molar-refractivity contribution in [3.8, 4) is 0 Å². The number of nitro groups is 1. The van der Waals surface area contributed by atoms with Crippen LogP contribution in [0.2, 0.25) is 0 Å². The summed E-state index contributed by atoms with van der Waals surface area (Å²) in [6.45, 7) is 0.504. The number of aromatic nitrogens is 2. The van der Waals surface area contributed by atoms with E-state index in [0.717, 1.165) is 12.8 Å². The monoisotopic (exact) mass is 276 g/mol. The molecule has 0 amide bonds. The molecule has 1 fully saturated rings. The molecule has 2 atom stereocenters. The van der Waals surface area contributed by atoms with E-state index in [1.54, 1.807) is 12.3 Å². The third kappa shape index (κ3) is 2.57. The molecule has 2 aromatic heterocycles. The van der Waals surface area contributed by atoms with Crippen molar-refractivity contribution >= 4 is 5.88 Å².